The maximum absolute atomic E-state index is 14.6. The molecule has 2 aliphatic carbocycles. The van der Waals surface area contributed by atoms with Crippen molar-refractivity contribution in [2.24, 2.45) is 0 Å². The highest BCUT2D eigenvalue weighted by atomic mass is 35.5. The summed E-state index contributed by atoms with van der Waals surface area (Å²) in [7, 11) is 0. The predicted molar refractivity (Wildman–Crippen MR) is 147 cm³/mol. The van der Waals surface area contributed by atoms with Crippen molar-refractivity contribution in [3.8, 4) is 0 Å². The summed E-state index contributed by atoms with van der Waals surface area (Å²) >= 11 is 6.36. The number of hydrogen-bond donors (Lipinski definition) is 0. The number of piperidine rings is 1. The first-order valence-corrected chi connectivity index (χ1v) is 14.3. The van der Waals surface area contributed by atoms with E-state index in [2.05, 4.69) is 47.0 Å². The second-order valence-electron chi connectivity index (χ2n) is 11.3. The van der Waals surface area contributed by atoms with E-state index in [1.807, 2.05) is 9.80 Å². The summed E-state index contributed by atoms with van der Waals surface area (Å²) in [6.07, 6.45) is 8.44. The number of fused-ring (bicyclic) bond motifs is 1. The standard InChI is InChI=1S/C30H33ClFN5O/c1-19-25-18-36(22-11-12-22)33-29(25)35(17-21-5-2-3-6-24(21)20-9-10-20)30(38)37(19)23-13-15-34(16-14-23)28-26(31)7-4-8-27(28)32/h2-8,18-20,22-23H,9-17H2,1H3. The van der Waals surface area contributed by atoms with Gasteiger partial charge in [0.1, 0.15) is 5.82 Å². The van der Waals surface area contributed by atoms with Gasteiger partial charge in [0.25, 0.3) is 0 Å². The fourth-order valence-corrected chi connectivity index (χ4v) is 6.67. The summed E-state index contributed by atoms with van der Waals surface area (Å²) in [5.74, 6) is 1.13. The lowest BCUT2D eigenvalue weighted by molar-refractivity contribution is 0.136. The second-order valence-corrected chi connectivity index (χ2v) is 11.7. The molecule has 1 unspecified atom stereocenters. The molecule has 0 N–H and O–H groups in total. The molecule has 3 aromatic rings. The lowest BCUT2D eigenvalue weighted by atomic mass is 9.97. The van der Waals surface area contributed by atoms with E-state index in [4.69, 9.17) is 16.7 Å². The molecule has 38 heavy (non-hydrogen) atoms. The van der Waals surface area contributed by atoms with Crippen LogP contribution in [0.3, 0.4) is 0 Å². The van der Waals surface area contributed by atoms with Gasteiger partial charge in [0.05, 0.1) is 29.3 Å². The number of aromatic nitrogens is 2. The highest BCUT2D eigenvalue weighted by Crippen LogP contribution is 2.45. The quantitative estimate of drug-likeness (QED) is 0.340. The van der Waals surface area contributed by atoms with Crippen LogP contribution in [0.1, 0.15) is 80.1 Å². The van der Waals surface area contributed by atoms with E-state index >= 15 is 0 Å². The largest absolute Gasteiger partial charge is 0.368 e. The normalized spacial score (nSPS) is 22.2. The summed E-state index contributed by atoms with van der Waals surface area (Å²) < 4.78 is 16.7. The van der Waals surface area contributed by atoms with Gasteiger partial charge in [-0.1, -0.05) is 41.9 Å². The maximum Gasteiger partial charge on any atom is 0.326 e. The monoisotopic (exact) mass is 533 g/mol. The minimum Gasteiger partial charge on any atom is -0.368 e. The SMILES string of the molecule is CC1c2cn(C3CC3)nc2N(Cc2ccccc2C2CC2)C(=O)N1C1CCN(c2c(F)cccc2Cl)CC1. The Hall–Kier alpha value is -3.06. The first kappa shape index (κ1) is 24.0. The molecule has 2 saturated carbocycles. The van der Waals surface area contributed by atoms with Crippen LogP contribution in [0.15, 0.2) is 48.7 Å². The van der Waals surface area contributed by atoms with E-state index in [0.717, 1.165) is 37.1 Å². The molecule has 198 valence electrons. The topological polar surface area (TPSA) is 44.6 Å². The van der Waals surface area contributed by atoms with Crippen molar-refractivity contribution in [1.82, 2.24) is 14.7 Å². The number of anilines is 2. The Morgan fingerprint density at radius 2 is 1.71 bits per heavy atom. The molecule has 1 aromatic heterocycles. The Labute approximate surface area is 228 Å². The van der Waals surface area contributed by atoms with Crippen molar-refractivity contribution in [2.75, 3.05) is 22.9 Å². The lowest BCUT2D eigenvalue weighted by Gasteiger charge is -2.46. The van der Waals surface area contributed by atoms with E-state index in [9.17, 15) is 9.18 Å². The van der Waals surface area contributed by atoms with Crippen molar-refractivity contribution in [2.45, 2.75) is 76.0 Å². The van der Waals surface area contributed by atoms with Gasteiger partial charge in [-0.05, 0) is 74.6 Å². The summed E-state index contributed by atoms with van der Waals surface area (Å²) in [4.78, 5) is 20.3. The summed E-state index contributed by atoms with van der Waals surface area (Å²) in [5.41, 5.74) is 4.18. The zero-order chi connectivity index (χ0) is 26.0. The first-order chi connectivity index (χ1) is 18.5. The molecular weight excluding hydrogens is 501 g/mol. The van der Waals surface area contributed by atoms with E-state index in [1.54, 1.807) is 12.1 Å². The minimum atomic E-state index is -0.295. The van der Waals surface area contributed by atoms with Gasteiger partial charge < -0.3 is 9.80 Å². The minimum absolute atomic E-state index is 0.0269. The van der Waals surface area contributed by atoms with Crippen LogP contribution in [0.25, 0.3) is 0 Å². The van der Waals surface area contributed by atoms with E-state index in [0.29, 0.717) is 42.3 Å². The van der Waals surface area contributed by atoms with Gasteiger partial charge in [0.2, 0.25) is 0 Å². The molecule has 1 atom stereocenters. The fourth-order valence-electron chi connectivity index (χ4n) is 6.39. The van der Waals surface area contributed by atoms with Crippen LogP contribution in [0.5, 0.6) is 0 Å². The molecule has 0 spiro atoms. The molecule has 6 nitrogen and oxygen atoms in total. The van der Waals surface area contributed by atoms with E-state index in [1.165, 1.54) is 30.0 Å². The molecule has 4 aliphatic rings. The Morgan fingerprint density at radius 3 is 2.42 bits per heavy atom. The number of rotatable bonds is 6. The molecular formula is C30H33ClFN5O. The molecule has 1 saturated heterocycles. The molecule has 3 fully saturated rings. The number of nitrogens with zero attached hydrogens (tertiary/aromatic N) is 5. The van der Waals surface area contributed by atoms with Crippen LogP contribution < -0.4 is 9.80 Å². The highest BCUT2D eigenvalue weighted by molar-refractivity contribution is 6.33. The molecule has 2 aromatic carbocycles. The number of benzene rings is 2. The summed E-state index contributed by atoms with van der Waals surface area (Å²) in [6.45, 7) is 3.97. The van der Waals surface area contributed by atoms with Gasteiger partial charge >= 0.3 is 6.03 Å². The molecule has 2 amide bonds. The van der Waals surface area contributed by atoms with Crippen molar-refractivity contribution < 1.29 is 9.18 Å². The van der Waals surface area contributed by atoms with Crippen LogP contribution in [-0.2, 0) is 6.54 Å². The smallest absolute Gasteiger partial charge is 0.326 e. The van der Waals surface area contributed by atoms with Crippen molar-refractivity contribution >= 4 is 29.1 Å². The number of para-hydroxylation sites is 1. The predicted octanol–water partition coefficient (Wildman–Crippen LogP) is 7.06. The molecule has 3 heterocycles. The number of carbonyl (C=O) groups excluding carboxylic acids is 1. The van der Waals surface area contributed by atoms with Gasteiger partial charge in [0, 0.05) is 30.9 Å². The number of halogens is 2. The van der Waals surface area contributed by atoms with Crippen LogP contribution in [0, 0.1) is 5.82 Å². The number of urea groups is 1. The van der Waals surface area contributed by atoms with Crippen molar-refractivity contribution in [1.29, 1.82) is 0 Å². The van der Waals surface area contributed by atoms with Crippen LogP contribution in [-0.4, -0.2) is 39.8 Å². The van der Waals surface area contributed by atoms with Crippen LogP contribution in [0.2, 0.25) is 5.02 Å². The number of carbonyl (C=O) groups is 1. The average molecular weight is 534 g/mol. The van der Waals surface area contributed by atoms with E-state index < -0.39 is 0 Å². The second kappa shape index (κ2) is 9.30. The van der Waals surface area contributed by atoms with Crippen molar-refractivity contribution in [3.63, 3.8) is 0 Å². The van der Waals surface area contributed by atoms with Gasteiger partial charge in [-0.25, -0.2) is 9.18 Å². The maximum atomic E-state index is 14.6. The molecule has 8 heteroatoms. The molecule has 2 aliphatic heterocycles. The van der Waals surface area contributed by atoms with Gasteiger partial charge in [-0.2, -0.15) is 5.10 Å². The fraction of sp³-hybridized carbons (Fsp3) is 0.467. The lowest BCUT2D eigenvalue weighted by Crippen LogP contribution is -2.55. The molecule has 0 bridgehead atoms. The van der Waals surface area contributed by atoms with Gasteiger partial charge in [0.15, 0.2) is 5.82 Å². The third-order valence-electron chi connectivity index (χ3n) is 8.75. The van der Waals surface area contributed by atoms with Crippen molar-refractivity contribution in [3.05, 3.63) is 76.2 Å². The highest BCUT2D eigenvalue weighted by Gasteiger charge is 2.43. The average Bonchev–Trinajstić information content (AvgIpc) is 3.86. The Morgan fingerprint density at radius 1 is 0.947 bits per heavy atom. The Balaban J connectivity index is 1.18. The zero-order valence-corrected chi connectivity index (χ0v) is 22.4. The molecule has 7 rings (SSSR count). The Bertz CT molecular complexity index is 1350. The first-order valence-electron chi connectivity index (χ1n) is 13.9. The van der Waals surface area contributed by atoms with Gasteiger partial charge in [-0.3, -0.25) is 9.58 Å². The van der Waals surface area contributed by atoms with Gasteiger partial charge in [-0.15, -0.1) is 0 Å². The third-order valence-corrected chi connectivity index (χ3v) is 9.05. The third kappa shape index (κ3) is 4.15. The van der Waals surface area contributed by atoms with E-state index in [-0.39, 0.29) is 23.9 Å². The van der Waals surface area contributed by atoms with Crippen LogP contribution >= 0.6 is 11.6 Å². The number of amides is 2. The zero-order valence-electron chi connectivity index (χ0n) is 21.7. The number of hydrogen-bond acceptors (Lipinski definition) is 3. The summed E-state index contributed by atoms with van der Waals surface area (Å²) in [6, 6.07) is 13.9. The summed E-state index contributed by atoms with van der Waals surface area (Å²) in [5, 5.41) is 5.40. The molecule has 0 radical (unpaired) electrons. The Kier molecular flexibility index (Phi) is 5.87. The van der Waals surface area contributed by atoms with Crippen LogP contribution in [0.4, 0.5) is 20.7 Å².